The largest absolute Gasteiger partial charge is 0.392 e. The molecule has 3 aromatic rings. The highest BCUT2D eigenvalue weighted by Gasteiger charge is 2.30. The average Bonchev–Trinajstić information content (AvgIpc) is 3.49. The molecule has 1 fully saturated rings. The van der Waals surface area contributed by atoms with E-state index in [0.29, 0.717) is 30.1 Å². The van der Waals surface area contributed by atoms with Crippen LogP contribution in [0, 0.1) is 11.3 Å². The molecule has 30 heavy (non-hydrogen) atoms. The van der Waals surface area contributed by atoms with Gasteiger partial charge in [-0.05, 0) is 30.5 Å². The third kappa shape index (κ3) is 3.75. The normalized spacial score (nSPS) is 16.0. The number of nitriles is 1. The van der Waals surface area contributed by atoms with Crippen molar-refractivity contribution in [2.75, 3.05) is 11.9 Å². The fourth-order valence-corrected chi connectivity index (χ4v) is 3.78. The number of likely N-dealkylation sites (tertiary alicyclic amines) is 1. The molecule has 2 N–H and O–H groups in total. The zero-order chi connectivity index (χ0) is 21.1. The average molecular weight is 408 g/mol. The van der Waals surface area contributed by atoms with E-state index >= 15 is 0 Å². The van der Waals surface area contributed by atoms with Gasteiger partial charge >= 0.3 is 0 Å². The first kappa shape index (κ1) is 19.6. The Labute approximate surface area is 171 Å². The minimum atomic E-state index is -0.490. The molecular weight excluding hydrogens is 388 g/mol. The van der Waals surface area contributed by atoms with Gasteiger partial charge in [-0.2, -0.15) is 5.26 Å². The number of nitrogens with one attached hydrogen (secondary N) is 1. The molecule has 2 aromatic heterocycles. The molecule has 2 amide bonds. The second-order valence-corrected chi connectivity index (χ2v) is 7.08. The first-order valence-corrected chi connectivity index (χ1v) is 9.59. The topological polar surface area (TPSA) is 137 Å². The van der Waals surface area contributed by atoms with Gasteiger partial charge in [0, 0.05) is 25.2 Å². The number of aromatic nitrogens is 3. The summed E-state index contributed by atoms with van der Waals surface area (Å²) in [4.78, 5) is 31.0. The lowest BCUT2D eigenvalue weighted by molar-refractivity contribution is -0.131. The van der Waals surface area contributed by atoms with Crippen LogP contribution in [0.5, 0.6) is 0 Å². The zero-order valence-electron chi connectivity index (χ0n) is 16.1. The van der Waals surface area contributed by atoms with E-state index in [1.807, 2.05) is 16.7 Å². The van der Waals surface area contributed by atoms with Crippen molar-refractivity contribution in [1.82, 2.24) is 19.6 Å². The van der Waals surface area contributed by atoms with Crippen LogP contribution < -0.4 is 5.32 Å². The van der Waals surface area contributed by atoms with Gasteiger partial charge in [-0.15, -0.1) is 0 Å². The van der Waals surface area contributed by atoms with E-state index in [9.17, 15) is 14.7 Å². The minimum absolute atomic E-state index is 0.0522. The lowest BCUT2D eigenvalue weighted by atomic mass is 10.2. The van der Waals surface area contributed by atoms with E-state index in [4.69, 9.17) is 9.78 Å². The Hall–Kier alpha value is -3.71. The molecule has 0 radical (unpaired) electrons. The summed E-state index contributed by atoms with van der Waals surface area (Å²) in [5.74, 6) is -0.327. The van der Waals surface area contributed by atoms with Gasteiger partial charge in [0.25, 0.3) is 5.91 Å². The third-order valence-electron chi connectivity index (χ3n) is 5.20. The van der Waals surface area contributed by atoms with E-state index in [1.54, 1.807) is 17.0 Å². The summed E-state index contributed by atoms with van der Waals surface area (Å²) >= 11 is 0. The smallest absolute Gasteiger partial charge is 0.296 e. The molecule has 1 aromatic carbocycles. The van der Waals surface area contributed by atoms with Gasteiger partial charge in [0.2, 0.25) is 17.6 Å². The van der Waals surface area contributed by atoms with E-state index < -0.39 is 5.91 Å². The second-order valence-electron chi connectivity index (χ2n) is 7.08. The van der Waals surface area contributed by atoms with Gasteiger partial charge in [-0.3, -0.25) is 14.9 Å². The molecule has 0 unspecified atom stereocenters. The molecule has 0 aliphatic carbocycles. The third-order valence-corrected chi connectivity index (χ3v) is 5.20. The zero-order valence-corrected chi connectivity index (χ0v) is 16.1. The van der Waals surface area contributed by atoms with Gasteiger partial charge < -0.3 is 19.1 Å². The van der Waals surface area contributed by atoms with Gasteiger partial charge in [-0.1, -0.05) is 11.2 Å². The molecule has 4 rings (SSSR count). The minimum Gasteiger partial charge on any atom is -0.392 e. The number of benzene rings is 1. The predicted molar refractivity (Wildman–Crippen MR) is 105 cm³/mol. The predicted octanol–water partition coefficient (Wildman–Crippen LogP) is 1.67. The van der Waals surface area contributed by atoms with Crippen LogP contribution in [-0.2, 0) is 17.9 Å². The maximum Gasteiger partial charge on any atom is 0.296 e. The quantitative estimate of drug-likeness (QED) is 0.633. The molecule has 1 saturated heterocycles. The number of hydrogen-bond acceptors (Lipinski definition) is 7. The monoisotopic (exact) mass is 408 g/mol. The van der Waals surface area contributed by atoms with Gasteiger partial charge in [0.1, 0.15) is 6.42 Å². The van der Waals surface area contributed by atoms with Crippen LogP contribution in [0.2, 0.25) is 0 Å². The standard InChI is InChI=1S/C20H20N6O4/c21-7-5-18(28)25-9-1-2-14(25)11-26-16-4-3-13(12-27)10-15(16)23-20(26)24-19(29)17-6-8-22-30-17/h3-4,6,8,10,14,27H,1-2,5,9,11-12H2,(H,23,24,29)/t14-/m1/s1. The van der Waals surface area contributed by atoms with Gasteiger partial charge in [0.05, 0.1) is 29.9 Å². The molecule has 10 heteroatoms. The second kappa shape index (κ2) is 8.34. The maximum absolute atomic E-state index is 12.5. The van der Waals surface area contributed by atoms with Crippen LogP contribution in [0.1, 0.15) is 35.4 Å². The Bertz CT molecular complexity index is 1110. The van der Waals surface area contributed by atoms with Gasteiger partial charge in [0.15, 0.2) is 0 Å². The van der Waals surface area contributed by atoms with Crippen molar-refractivity contribution >= 4 is 28.8 Å². The van der Waals surface area contributed by atoms with E-state index in [1.165, 1.54) is 12.3 Å². The van der Waals surface area contributed by atoms with E-state index in [0.717, 1.165) is 18.4 Å². The summed E-state index contributed by atoms with van der Waals surface area (Å²) in [6.07, 6.45) is 2.86. The number of nitrogens with zero attached hydrogens (tertiary/aromatic N) is 5. The Morgan fingerprint density at radius 3 is 2.97 bits per heavy atom. The summed E-state index contributed by atoms with van der Waals surface area (Å²) in [6, 6.07) is 8.62. The fourth-order valence-electron chi connectivity index (χ4n) is 3.78. The van der Waals surface area contributed by atoms with Crippen molar-refractivity contribution < 1.29 is 19.2 Å². The number of hydrogen-bond donors (Lipinski definition) is 2. The molecule has 1 aliphatic heterocycles. The molecule has 0 bridgehead atoms. The number of fused-ring (bicyclic) bond motifs is 1. The lowest BCUT2D eigenvalue weighted by Gasteiger charge is -2.25. The summed E-state index contributed by atoms with van der Waals surface area (Å²) in [5, 5.41) is 24.6. The summed E-state index contributed by atoms with van der Waals surface area (Å²) in [5.41, 5.74) is 2.08. The Kier molecular flexibility index (Phi) is 5.45. The number of rotatable bonds is 6. The maximum atomic E-state index is 12.5. The number of imidazole rings is 1. The van der Waals surface area contributed by atoms with Crippen LogP contribution in [0.25, 0.3) is 11.0 Å². The highest BCUT2D eigenvalue weighted by Crippen LogP contribution is 2.26. The lowest BCUT2D eigenvalue weighted by Crippen LogP contribution is -2.38. The number of aliphatic hydroxyl groups is 1. The molecule has 154 valence electrons. The summed E-state index contributed by atoms with van der Waals surface area (Å²) in [6.45, 7) is 0.895. The van der Waals surface area contributed by atoms with Crippen molar-refractivity contribution in [2.24, 2.45) is 0 Å². The van der Waals surface area contributed by atoms with Crippen molar-refractivity contribution in [3.8, 4) is 6.07 Å². The molecule has 0 spiro atoms. The van der Waals surface area contributed by atoms with Crippen LogP contribution in [0.3, 0.4) is 0 Å². The number of amides is 2. The van der Waals surface area contributed by atoms with E-state index in [-0.39, 0.29) is 30.7 Å². The van der Waals surface area contributed by atoms with Crippen molar-refractivity contribution in [3.05, 3.63) is 41.8 Å². The van der Waals surface area contributed by atoms with Crippen LogP contribution in [-0.4, -0.2) is 49.1 Å². The molecule has 3 heterocycles. The Morgan fingerprint density at radius 2 is 2.23 bits per heavy atom. The van der Waals surface area contributed by atoms with Crippen LogP contribution >= 0.6 is 0 Å². The van der Waals surface area contributed by atoms with Crippen molar-refractivity contribution in [1.29, 1.82) is 5.26 Å². The highest BCUT2D eigenvalue weighted by atomic mass is 16.5. The SMILES string of the molecule is N#CCC(=O)N1CCC[C@@H]1Cn1c(NC(=O)c2ccno2)nc2cc(CO)ccc21. The van der Waals surface area contributed by atoms with E-state index in [2.05, 4.69) is 15.5 Å². The highest BCUT2D eigenvalue weighted by molar-refractivity contribution is 6.02. The number of carbonyl (C=O) groups is 2. The summed E-state index contributed by atoms with van der Waals surface area (Å²) in [7, 11) is 0. The summed E-state index contributed by atoms with van der Waals surface area (Å²) < 4.78 is 6.75. The molecule has 10 nitrogen and oxygen atoms in total. The Morgan fingerprint density at radius 1 is 1.37 bits per heavy atom. The molecular formula is C20H20N6O4. The fraction of sp³-hybridized carbons (Fsp3) is 0.350. The molecule has 1 aliphatic rings. The first-order chi connectivity index (χ1) is 14.6. The number of carbonyl (C=O) groups excluding carboxylic acids is 2. The Balaban J connectivity index is 1.68. The number of aliphatic hydroxyl groups excluding tert-OH is 1. The van der Waals surface area contributed by atoms with Gasteiger partial charge in [-0.25, -0.2) is 4.98 Å². The number of anilines is 1. The first-order valence-electron chi connectivity index (χ1n) is 9.59. The van der Waals surface area contributed by atoms with Crippen molar-refractivity contribution in [3.63, 3.8) is 0 Å². The molecule has 1 atom stereocenters. The van der Waals surface area contributed by atoms with Crippen LogP contribution in [0.4, 0.5) is 5.95 Å². The van der Waals surface area contributed by atoms with Crippen LogP contribution in [0.15, 0.2) is 35.0 Å². The van der Waals surface area contributed by atoms with Crippen molar-refractivity contribution in [2.45, 2.75) is 38.5 Å². The molecule has 0 saturated carbocycles.